The zero-order valence-corrected chi connectivity index (χ0v) is 11.7. The van der Waals surface area contributed by atoms with Gasteiger partial charge in [0.25, 0.3) is 0 Å². The molecule has 0 aliphatic rings. The van der Waals surface area contributed by atoms with Crippen LogP contribution in [0.4, 0.5) is 5.82 Å². The number of para-hydroxylation sites is 1. The van der Waals surface area contributed by atoms with Crippen LogP contribution in [0.3, 0.4) is 0 Å². The van der Waals surface area contributed by atoms with Gasteiger partial charge in [-0.05, 0) is 13.0 Å². The number of aliphatic hydroxyl groups excluding tert-OH is 1. The van der Waals surface area contributed by atoms with Crippen LogP contribution in [0.25, 0.3) is 0 Å². The van der Waals surface area contributed by atoms with Crippen LogP contribution >= 0.6 is 0 Å². The zero-order valence-electron chi connectivity index (χ0n) is 11.7. The first-order valence-corrected chi connectivity index (χ1v) is 6.55. The highest BCUT2D eigenvalue weighted by Gasteiger charge is 2.08. The van der Waals surface area contributed by atoms with E-state index >= 15 is 0 Å². The van der Waals surface area contributed by atoms with Gasteiger partial charge in [0.05, 0.1) is 6.61 Å². The Morgan fingerprint density at radius 3 is 2.81 bits per heavy atom. The van der Waals surface area contributed by atoms with E-state index in [1.165, 1.54) is 0 Å². The van der Waals surface area contributed by atoms with Crippen LogP contribution in [-0.2, 0) is 18.0 Å². The molecule has 0 aliphatic heterocycles. The Labute approximate surface area is 122 Å². The number of benzene rings is 1. The summed E-state index contributed by atoms with van der Waals surface area (Å²) < 4.78 is 11.0. The summed E-state index contributed by atoms with van der Waals surface area (Å²) in [5.74, 6) is 7.14. The largest absolute Gasteiger partial charge is 0.438 e. The lowest BCUT2D eigenvalue weighted by Crippen LogP contribution is -2.11. The molecule has 0 atom stereocenters. The van der Waals surface area contributed by atoms with E-state index in [-0.39, 0.29) is 13.2 Å². The summed E-state index contributed by atoms with van der Waals surface area (Å²) in [5.41, 5.74) is 3.13. The summed E-state index contributed by atoms with van der Waals surface area (Å²) in [6.07, 6.45) is 0. The molecule has 1 aromatic heterocycles. The van der Waals surface area contributed by atoms with Crippen molar-refractivity contribution in [3.63, 3.8) is 0 Å². The first kappa shape index (κ1) is 15.2. The minimum Gasteiger partial charge on any atom is -0.438 e. The molecule has 0 amide bonds. The second kappa shape index (κ2) is 7.53. The standard InChI is InChI=1S/C14H18N4O3/c1-2-20-9-13-16-12(18-15)7-14(17-13)21-11-6-4-3-5-10(11)8-19/h3-7,19H,2,8-9,15H2,1H3,(H,16,17,18). The molecular formula is C14H18N4O3. The van der Waals surface area contributed by atoms with Crippen molar-refractivity contribution in [2.75, 3.05) is 12.0 Å². The molecule has 0 saturated heterocycles. The normalized spacial score (nSPS) is 10.4. The molecule has 21 heavy (non-hydrogen) atoms. The van der Waals surface area contributed by atoms with Gasteiger partial charge in [-0.2, -0.15) is 4.98 Å². The van der Waals surface area contributed by atoms with Gasteiger partial charge in [-0.1, -0.05) is 18.2 Å². The summed E-state index contributed by atoms with van der Waals surface area (Å²) in [4.78, 5) is 8.43. The lowest BCUT2D eigenvalue weighted by molar-refractivity contribution is 0.128. The van der Waals surface area contributed by atoms with Gasteiger partial charge >= 0.3 is 0 Å². The molecule has 0 fully saturated rings. The second-order valence-electron chi connectivity index (χ2n) is 4.16. The van der Waals surface area contributed by atoms with Gasteiger partial charge < -0.3 is 20.0 Å². The number of hydrogen-bond acceptors (Lipinski definition) is 7. The van der Waals surface area contributed by atoms with Crippen LogP contribution in [0, 0.1) is 0 Å². The highest BCUT2D eigenvalue weighted by molar-refractivity contribution is 5.40. The summed E-state index contributed by atoms with van der Waals surface area (Å²) in [7, 11) is 0. The predicted octanol–water partition coefficient (Wildman–Crippen LogP) is 1.58. The van der Waals surface area contributed by atoms with E-state index in [2.05, 4.69) is 15.4 Å². The Balaban J connectivity index is 2.25. The molecule has 4 N–H and O–H groups in total. The quantitative estimate of drug-likeness (QED) is 0.525. The predicted molar refractivity (Wildman–Crippen MR) is 77.6 cm³/mol. The molecule has 7 heteroatoms. The second-order valence-corrected chi connectivity index (χ2v) is 4.16. The van der Waals surface area contributed by atoms with Crippen molar-refractivity contribution in [2.45, 2.75) is 20.1 Å². The summed E-state index contributed by atoms with van der Waals surface area (Å²) >= 11 is 0. The third-order valence-corrected chi connectivity index (χ3v) is 2.69. The zero-order chi connectivity index (χ0) is 15.1. The Bertz CT molecular complexity index is 592. The third kappa shape index (κ3) is 4.12. The van der Waals surface area contributed by atoms with E-state index in [0.717, 1.165) is 0 Å². The molecule has 0 radical (unpaired) electrons. The maximum Gasteiger partial charge on any atom is 0.224 e. The monoisotopic (exact) mass is 290 g/mol. The number of rotatable bonds is 7. The number of aliphatic hydroxyl groups is 1. The van der Waals surface area contributed by atoms with Gasteiger partial charge in [0.2, 0.25) is 5.88 Å². The first-order chi connectivity index (χ1) is 10.3. The SMILES string of the molecule is CCOCc1nc(NN)cc(Oc2ccccc2CO)n1. The van der Waals surface area contributed by atoms with Gasteiger partial charge in [-0.3, -0.25) is 0 Å². The average molecular weight is 290 g/mol. The number of nitrogens with zero attached hydrogens (tertiary/aromatic N) is 2. The summed E-state index contributed by atoms with van der Waals surface area (Å²) in [5, 5.41) is 9.30. The minimum absolute atomic E-state index is 0.116. The molecule has 0 bridgehead atoms. The molecule has 0 aliphatic carbocycles. The van der Waals surface area contributed by atoms with E-state index < -0.39 is 0 Å². The number of anilines is 1. The van der Waals surface area contributed by atoms with Gasteiger partial charge in [0.15, 0.2) is 5.82 Å². The first-order valence-electron chi connectivity index (χ1n) is 6.55. The molecule has 1 heterocycles. The number of aromatic nitrogens is 2. The molecule has 112 valence electrons. The highest BCUT2D eigenvalue weighted by atomic mass is 16.5. The van der Waals surface area contributed by atoms with Crippen LogP contribution in [0.1, 0.15) is 18.3 Å². The average Bonchev–Trinajstić information content (AvgIpc) is 2.53. The minimum atomic E-state index is -0.116. The lowest BCUT2D eigenvalue weighted by Gasteiger charge is -2.11. The number of hydrazine groups is 1. The molecular weight excluding hydrogens is 272 g/mol. The highest BCUT2D eigenvalue weighted by Crippen LogP contribution is 2.25. The topological polar surface area (TPSA) is 103 Å². The van der Waals surface area contributed by atoms with Gasteiger partial charge in [-0.25, -0.2) is 10.8 Å². The maximum absolute atomic E-state index is 9.30. The van der Waals surface area contributed by atoms with Crippen LogP contribution in [0.2, 0.25) is 0 Å². The van der Waals surface area contributed by atoms with E-state index in [4.69, 9.17) is 15.3 Å². The summed E-state index contributed by atoms with van der Waals surface area (Å²) in [6.45, 7) is 2.60. The number of nitrogens with one attached hydrogen (secondary N) is 1. The molecule has 0 unspecified atom stereocenters. The molecule has 2 rings (SSSR count). The smallest absolute Gasteiger partial charge is 0.224 e. The Morgan fingerprint density at radius 1 is 1.29 bits per heavy atom. The van der Waals surface area contributed by atoms with Gasteiger partial charge in [-0.15, -0.1) is 0 Å². The van der Waals surface area contributed by atoms with Crippen molar-refractivity contribution in [3.8, 4) is 11.6 Å². The Kier molecular flexibility index (Phi) is 5.44. The van der Waals surface area contributed by atoms with Gasteiger partial charge in [0.1, 0.15) is 18.2 Å². The number of nitrogen functional groups attached to an aromatic ring is 1. The fourth-order valence-corrected chi connectivity index (χ4v) is 1.70. The molecule has 1 aromatic carbocycles. The Hall–Kier alpha value is -2.22. The fourth-order valence-electron chi connectivity index (χ4n) is 1.70. The van der Waals surface area contributed by atoms with E-state index in [1.54, 1.807) is 18.2 Å². The molecule has 7 nitrogen and oxygen atoms in total. The van der Waals surface area contributed by atoms with Crippen molar-refractivity contribution >= 4 is 5.82 Å². The van der Waals surface area contributed by atoms with Crippen molar-refractivity contribution in [2.24, 2.45) is 5.84 Å². The number of ether oxygens (including phenoxy) is 2. The van der Waals surface area contributed by atoms with Crippen molar-refractivity contribution in [1.29, 1.82) is 0 Å². The maximum atomic E-state index is 9.30. The van der Waals surface area contributed by atoms with Gasteiger partial charge in [0, 0.05) is 18.2 Å². The number of nitrogens with two attached hydrogens (primary N) is 1. The van der Waals surface area contributed by atoms with Crippen molar-refractivity contribution in [3.05, 3.63) is 41.7 Å². The Morgan fingerprint density at radius 2 is 2.10 bits per heavy atom. The van der Waals surface area contributed by atoms with Crippen LogP contribution in [0.5, 0.6) is 11.6 Å². The van der Waals surface area contributed by atoms with Crippen LogP contribution in [-0.4, -0.2) is 21.7 Å². The van der Waals surface area contributed by atoms with Crippen LogP contribution in [0.15, 0.2) is 30.3 Å². The van der Waals surface area contributed by atoms with Crippen molar-refractivity contribution in [1.82, 2.24) is 9.97 Å². The number of hydrogen-bond donors (Lipinski definition) is 3. The van der Waals surface area contributed by atoms with Crippen molar-refractivity contribution < 1.29 is 14.6 Å². The molecule has 0 spiro atoms. The van der Waals surface area contributed by atoms with Crippen LogP contribution < -0.4 is 16.0 Å². The summed E-state index contributed by atoms with van der Waals surface area (Å²) in [6, 6.07) is 8.75. The lowest BCUT2D eigenvalue weighted by atomic mass is 10.2. The molecule has 2 aromatic rings. The third-order valence-electron chi connectivity index (χ3n) is 2.69. The fraction of sp³-hybridized carbons (Fsp3) is 0.286. The van der Waals surface area contributed by atoms with E-state index in [0.29, 0.717) is 35.4 Å². The molecule has 0 saturated carbocycles. The van der Waals surface area contributed by atoms with E-state index in [9.17, 15) is 5.11 Å². The van der Waals surface area contributed by atoms with E-state index in [1.807, 2.05) is 19.1 Å².